The van der Waals surface area contributed by atoms with E-state index in [2.05, 4.69) is 10.3 Å². The van der Waals surface area contributed by atoms with Crippen molar-refractivity contribution in [3.8, 4) is 22.7 Å². The fraction of sp³-hybridized carbons (Fsp3) is 0.176. The minimum atomic E-state index is 0.805. The second-order valence-electron chi connectivity index (χ2n) is 5.18. The number of fused-ring (bicyclic) bond motifs is 1. The van der Waals surface area contributed by atoms with E-state index in [0.29, 0.717) is 0 Å². The van der Waals surface area contributed by atoms with Gasteiger partial charge in [-0.1, -0.05) is 12.1 Å². The number of nitrogens with one attached hydrogen (secondary N) is 1. The number of rotatable bonds is 3. The molecule has 22 heavy (non-hydrogen) atoms. The smallest absolute Gasteiger partial charge is 0.144 e. The number of methoxy groups -OCH3 is 1. The van der Waals surface area contributed by atoms with E-state index in [4.69, 9.17) is 9.84 Å². The molecular formula is C17H16N4O. The van der Waals surface area contributed by atoms with E-state index in [0.717, 1.165) is 41.5 Å². The van der Waals surface area contributed by atoms with Crippen molar-refractivity contribution in [3.05, 3.63) is 54.4 Å². The number of hydrogen-bond donors (Lipinski definition) is 1. The lowest BCUT2D eigenvalue weighted by molar-refractivity contribution is 0.412. The van der Waals surface area contributed by atoms with Crippen LogP contribution in [0.25, 0.3) is 16.9 Å². The minimum Gasteiger partial charge on any atom is -0.494 e. The molecule has 0 atom stereocenters. The van der Waals surface area contributed by atoms with Crippen LogP contribution in [0.3, 0.4) is 0 Å². The van der Waals surface area contributed by atoms with Crippen LogP contribution in [0.5, 0.6) is 5.75 Å². The Kier molecular flexibility index (Phi) is 3.04. The molecule has 5 heteroatoms. The molecule has 0 aliphatic carbocycles. The van der Waals surface area contributed by atoms with Crippen molar-refractivity contribution in [1.82, 2.24) is 14.8 Å². The zero-order valence-corrected chi connectivity index (χ0v) is 12.3. The van der Waals surface area contributed by atoms with E-state index in [9.17, 15) is 0 Å². The zero-order valence-electron chi connectivity index (χ0n) is 12.3. The van der Waals surface area contributed by atoms with Gasteiger partial charge in [0, 0.05) is 30.1 Å². The Morgan fingerprint density at radius 3 is 2.91 bits per heavy atom. The summed E-state index contributed by atoms with van der Waals surface area (Å²) < 4.78 is 7.41. The first kappa shape index (κ1) is 12.9. The van der Waals surface area contributed by atoms with Crippen LogP contribution in [0.2, 0.25) is 0 Å². The molecule has 2 aromatic heterocycles. The standard InChI is InChI=1S/C17H16N4O/c1-22-15-7-3-2-6-14(15)21-17-13(8-10-19-17)16(20-21)12-5-4-9-18-11-12/h2-7,9,11,19H,8,10H2,1H3. The number of aromatic nitrogens is 3. The monoisotopic (exact) mass is 292 g/mol. The number of anilines is 1. The fourth-order valence-corrected chi connectivity index (χ4v) is 2.89. The predicted octanol–water partition coefficient (Wildman–Crippen LogP) is 2.91. The Bertz CT molecular complexity index is 811. The average molecular weight is 292 g/mol. The molecular weight excluding hydrogens is 276 g/mol. The van der Waals surface area contributed by atoms with Gasteiger partial charge >= 0.3 is 0 Å². The molecule has 0 amide bonds. The highest BCUT2D eigenvalue weighted by Crippen LogP contribution is 2.36. The molecule has 0 fully saturated rings. The largest absolute Gasteiger partial charge is 0.494 e. The summed E-state index contributed by atoms with van der Waals surface area (Å²) in [7, 11) is 1.68. The third-order valence-electron chi connectivity index (χ3n) is 3.90. The molecule has 5 nitrogen and oxygen atoms in total. The minimum absolute atomic E-state index is 0.805. The summed E-state index contributed by atoms with van der Waals surface area (Å²) in [5.74, 6) is 1.85. The van der Waals surface area contributed by atoms with E-state index >= 15 is 0 Å². The van der Waals surface area contributed by atoms with Gasteiger partial charge < -0.3 is 10.1 Å². The molecule has 0 saturated heterocycles. The maximum atomic E-state index is 5.47. The summed E-state index contributed by atoms with van der Waals surface area (Å²) >= 11 is 0. The molecule has 0 bridgehead atoms. The molecule has 1 aromatic carbocycles. The van der Waals surface area contributed by atoms with Crippen LogP contribution in [0.15, 0.2) is 48.8 Å². The summed E-state index contributed by atoms with van der Waals surface area (Å²) in [4.78, 5) is 4.21. The van der Waals surface area contributed by atoms with Crippen molar-refractivity contribution in [2.24, 2.45) is 0 Å². The molecule has 3 aromatic rings. The van der Waals surface area contributed by atoms with Crippen molar-refractivity contribution >= 4 is 5.82 Å². The lowest BCUT2D eigenvalue weighted by Gasteiger charge is -2.10. The number of ether oxygens (including phenoxy) is 1. The zero-order chi connectivity index (χ0) is 14.9. The Hall–Kier alpha value is -2.82. The van der Waals surface area contributed by atoms with Crippen LogP contribution in [-0.2, 0) is 6.42 Å². The van der Waals surface area contributed by atoms with Crippen molar-refractivity contribution in [2.75, 3.05) is 19.0 Å². The average Bonchev–Trinajstić information content (AvgIpc) is 3.18. The molecule has 1 N–H and O–H groups in total. The van der Waals surface area contributed by atoms with E-state index in [1.807, 2.05) is 47.3 Å². The van der Waals surface area contributed by atoms with Crippen LogP contribution < -0.4 is 10.1 Å². The van der Waals surface area contributed by atoms with E-state index in [1.165, 1.54) is 5.56 Å². The van der Waals surface area contributed by atoms with Gasteiger partial charge in [0.2, 0.25) is 0 Å². The SMILES string of the molecule is COc1ccccc1-n1nc(-c2cccnc2)c2c1NCC2. The molecule has 0 radical (unpaired) electrons. The third-order valence-corrected chi connectivity index (χ3v) is 3.90. The van der Waals surface area contributed by atoms with Crippen LogP contribution in [0, 0.1) is 0 Å². The summed E-state index contributed by atoms with van der Waals surface area (Å²) in [6.07, 6.45) is 4.60. The number of hydrogen-bond acceptors (Lipinski definition) is 4. The van der Waals surface area contributed by atoms with Gasteiger partial charge in [-0.25, -0.2) is 4.68 Å². The highest BCUT2D eigenvalue weighted by atomic mass is 16.5. The molecule has 1 aliphatic rings. The first-order chi connectivity index (χ1) is 10.9. The van der Waals surface area contributed by atoms with E-state index in [-0.39, 0.29) is 0 Å². The topological polar surface area (TPSA) is 52.0 Å². The second kappa shape index (κ2) is 5.18. The highest BCUT2D eigenvalue weighted by Gasteiger charge is 2.24. The van der Waals surface area contributed by atoms with E-state index < -0.39 is 0 Å². The number of pyridine rings is 1. The Balaban J connectivity index is 1.92. The van der Waals surface area contributed by atoms with Crippen molar-refractivity contribution in [2.45, 2.75) is 6.42 Å². The number of para-hydroxylation sites is 2. The maximum absolute atomic E-state index is 5.47. The summed E-state index contributed by atoms with van der Waals surface area (Å²) in [5, 5.41) is 8.25. The van der Waals surface area contributed by atoms with Gasteiger partial charge in [0.25, 0.3) is 0 Å². The molecule has 0 saturated carbocycles. The van der Waals surface area contributed by atoms with Gasteiger partial charge in [-0.2, -0.15) is 5.10 Å². The molecule has 0 unspecified atom stereocenters. The van der Waals surface area contributed by atoms with Gasteiger partial charge in [-0.3, -0.25) is 4.98 Å². The van der Waals surface area contributed by atoms with Gasteiger partial charge in [-0.05, 0) is 30.7 Å². The Morgan fingerprint density at radius 1 is 1.18 bits per heavy atom. The Labute approximate surface area is 128 Å². The summed E-state index contributed by atoms with van der Waals surface area (Å²) in [6.45, 7) is 0.926. The highest BCUT2D eigenvalue weighted by molar-refractivity contribution is 5.72. The first-order valence-corrected chi connectivity index (χ1v) is 7.28. The first-order valence-electron chi connectivity index (χ1n) is 7.28. The van der Waals surface area contributed by atoms with Gasteiger partial charge in [0.15, 0.2) is 0 Å². The Morgan fingerprint density at radius 2 is 2.09 bits per heavy atom. The number of nitrogens with zero attached hydrogens (tertiary/aromatic N) is 3. The van der Waals surface area contributed by atoms with Crippen LogP contribution in [0.4, 0.5) is 5.82 Å². The molecule has 4 rings (SSSR count). The van der Waals surface area contributed by atoms with Gasteiger partial charge in [0.05, 0.1) is 12.8 Å². The number of benzene rings is 1. The molecule has 110 valence electrons. The van der Waals surface area contributed by atoms with Crippen molar-refractivity contribution in [3.63, 3.8) is 0 Å². The van der Waals surface area contributed by atoms with E-state index in [1.54, 1.807) is 13.3 Å². The van der Waals surface area contributed by atoms with Gasteiger partial charge in [0.1, 0.15) is 17.3 Å². The van der Waals surface area contributed by atoms with Crippen LogP contribution in [0.1, 0.15) is 5.56 Å². The third kappa shape index (κ3) is 1.94. The summed E-state index contributed by atoms with van der Waals surface area (Å²) in [5.41, 5.74) is 4.19. The van der Waals surface area contributed by atoms with Crippen LogP contribution >= 0.6 is 0 Å². The quantitative estimate of drug-likeness (QED) is 0.806. The summed E-state index contributed by atoms with van der Waals surface area (Å²) in [6, 6.07) is 11.9. The lowest BCUT2D eigenvalue weighted by Crippen LogP contribution is -2.05. The van der Waals surface area contributed by atoms with Crippen molar-refractivity contribution < 1.29 is 4.74 Å². The normalized spacial score (nSPS) is 12.8. The van der Waals surface area contributed by atoms with Crippen LogP contribution in [-0.4, -0.2) is 28.4 Å². The van der Waals surface area contributed by atoms with Crippen molar-refractivity contribution in [1.29, 1.82) is 0 Å². The predicted molar refractivity (Wildman–Crippen MR) is 85.5 cm³/mol. The fourth-order valence-electron chi connectivity index (χ4n) is 2.89. The molecule has 0 spiro atoms. The maximum Gasteiger partial charge on any atom is 0.144 e. The lowest BCUT2D eigenvalue weighted by atomic mass is 10.1. The second-order valence-corrected chi connectivity index (χ2v) is 5.18. The van der Waals surface area contributed by atoms with Gasteiger partial charge in [-0.15, -0.1) is 0 Å². The molecule has 3 heterocycles. The molecule has 1 aliphatic heterocycles.